The summed E-state index contributed by atoms with van der Waals surface area (Å²) < 4.78 is 28.4. The van der Waals surface area contributed by atoms with Gasteiger partial charge in [-0.3, -0.25) is 14.4 Å². The number of carboxylic acids is 1. The Labute approximate surface area is 443 Å². The van der Waals surface area contributed by atoms with E-state index in [0.29, 0.717) is 19.3 Å². The van der Waals surface area contributed by atoms with Crippen molar-refractivity contribution in [2.75, 3.05) is 13.2 Å². The maximum Gasteiger partial charge on any atom is 0.335 e. The largest absolute Gasteiger partial charge is 0.479 e. The minimum absolute atomic E-state index is 0.0608. The number of aliphatic carboxylic acids is 1. The number of carboxylic acid groups (broad SMARTS) is 1. The highest BCUT2D eigenvalue weighted by atomic mass is 16.7. The van der Waals surface area contributed by atoms with Crippen molar-refractivity contribution in [2.45, 2.75) is 302 Å². The average molecular weight is 1030 g/mol. The van der Waals surface area contributed by atoms with Crippen LogP contribution in [-0.2, 0) is 42.9 Å². The van der Waals surface area contributed by atoms with E-state index in [4.69, 9.17) is 23.7 Å². The van der Waals surface area contributed by atoms with Crippen LogP contribution in [0.25, 0.3) is 0 Å². The smallest absolute Gasteiger partial charge is 0.335 e. The number of unbranched alkanes of at least 4 members (excludes halogenated alkanes) is 28. The Hall–Kier alpha value is -3.32. The summed E-state index contributed by atoms with van der Waals surface area (Å²) in [6.07, 6.45) is 46.7. The van der Waals surface area contributed by atoms with Gasteiger partial charge in [0.05, 0.1) is 6.61 Å². The number of ether oxygens (including phenoxy) is 5. The van der Waals surface area contributed by atoms with E-state index in [1.165, 1.54) is 103 Å². The highest BCUT2D eigenvalue weighted by Crippen LogP contribution is 2.26. The zero-order chi connectivity index (χ0) is 53.3. The number of allylic oxidation sites excluding steroid dienone is 8. The zero-order valence-corrected chi connectivity index (χ0v) is 46.4. The molecule has 1 saturated heterocycles. The van der Waals surface area contributed by atoms with Gasteiger partial charge >= 0.3 is 23.9 Å². The quantitative estimate of drug-likeness (QED) is 0.0228. The molecule has 422 valence electrons. The average Bonchev–Trinajstić information content (AvgIpc) is 3.37. The first kappa shape index (κ1) is 67.7. The Bertz CT molecular complexity index is 1460. The number of rotatable bonds is 50. The SMILES string of the molecule is CC/C=C\C/C=C\C/C=C\CCCCCC(=O)OCC(COC1OC(C(=O)O)C(O)C(O)C1OC(=O)CCCCCCCCCCCCCCCCCCCCC)OC(=O)CCCCCCC/C=C\CCCC. The van der Waals surface area contributed by atoms with Crippen LogP contribution in [0.15, 0.2) is 48.6 Å². The molecule has 0 spiro atoms. The summed E-state index contributed by atoms with van der Waals surface area (Å²) in [5.41, 5.74) is 0. The molecule has 12 nitrogen and oxygen atoms in total. The van der Waals surface area contributed by atoms with Gasteiger partial charge in [-0.25, -0.2) is 4.79 Å². The van der Waals surface area contributed by atoms with Gasteiger partial charge in [0, 0.05) is 19.3 Å². The fraction of sp³-hybridized carbons (Fsp3) is 0.803. The summed E-state index contributed by atoms with van der Waals surface area (Å²) in [7, 11) is 0. The van der Waals surface area contributed by atoms with Gasteiger partial charge in [-0.05, 0) is 70.6 Å². The molecule has 0 amide bonds. The Kier molecular flexibility index (Phi) is 45.9. The number of carbonyl (C=O) groups is 4. The van der Waals surface area contributed by atoms with Crippen LogP contribution >= 0.6 is 0 Å². The summed E-state index contributed by atoms with van der Waals surface area (Å²) in [4.78, 5) is 51.0. The van der Waals surface area contributed by atoms with Crippen LogP contribution in [0.4, 0.5) is 0 Å². The van der Waals surface area contributed by atoms with Crippen molar-refractivity contribution in [2.24, 2.45) is 0 Å². The van der Waals surface area contributed by atoms with Gasteiger partial charge in [0.25, 0.3) is 0 Å². The van der Waals surface area contributed by atoms with E-state index in [0.717, 1.165) is 103 Å². The van der Waals surface area contributed by atoms with Gasteiger partial charge in [-0.1, -0.05) is 223 Å². The van der Waals surface area contributed by atoms with E-state index in [-0.39, 0.29) is 25.9 Å². The minimum Gasteiger partial charge on any atom is -0.479 e. The first-order chi connectivity index (χ1) is 35.6. The molecule has 0 aromatic heterocycles. The van der Waals surface area contributed by atoms with Crippen molar-refractivity contribution in [3.05, 3.63) is 48.6 Å². The van der Waals surface area contributed by atoms with Crippen molar-refractivity contribution < 1.29 is 58.2 Å². The van der Waals surface area contributed by atoms with Crippen molar-refractivity contribution in [3.63, 3.8) is 0 Å². The molecule has 0 aromatic carbocycles. The highest BCUT2D eigenvalue weighted by Gasteiger charge is 2.50. The summed E-state index contributed by atoms with van der Waals surface area (Å²) in [5, 5.41) is 31.5. The van der Waals surface area contributed by atoms with Gasteiger partial charge < -0.3 is 39.0 Å². The molecular weight excluding hydrogens is 925 g/mol. The van der Waals surface area contributed by atoms with Crippen LogP contribution in [0.3, 0.4) is 0 Å². The standard InChI is InChI=1S/C61H106O12/c1-4-7-10-13-16-19-22-24-25-26-27-28-29-31-34-37-40-43-46-49-55(64)72-59-57(66)56(65)58(60(67)68)73-61(59)70-51-52(71-54(63)48-45-42-39-36-32-21-18-15-12-9-6-3)50-69-53(62)47-44-41-38-35-33-30-23-20-17-14-11-8-5-2/h8,11,15,17-18,20,30,33,52,56-59,61,65-66H,4-7,9-10,12-14,16,19,21-29,31-32,34-51H2,1-3H3,(H,67,68)/b11-8-,18-15-,20-17-,33-30-. The van der Waals surface area contributed by atoms with E-state index in [1.54, 1.807) is 0 Å². The minimum atomic E-state index is -1.90. The molecular formula is C61H106O12. The molecule has 0 aromatic rings. The van der Waals surface area contributed by atoms with Gasteiger partial charge in [0.15, 0.2) is 24.6 Å². The second-order valence-electron chi connectivity index (χ2n) is 20.3. The van der Waals surface area contributed by atoms with E-state index in [2.05, 4.69) is 69.4 Å². The summed E-state index contributed by atoms with van der Waals surface area (Å²) in [6, 6.07) is 0. The highest BCUT2D eigenvalue weighted by molar-refractivity contribution is 5.74. The van der Waals surface area contributed by atoms with E-state index in [1.807, 2.05) is 0 Å². The van der Waals surface area contributed by atoms with Gasteiger partial charge in [0.1, 0.15) is 18.8 Å². The number of esters is 3. The first-order valence-corrected chi connectivity index (χ1v) is 29.6. The molecule has 0 saturated carbocycles. The van der Waals surface area contributed by atoms with Crippen molar-refractivity contribution in [1.29, 1.82) is 0 Å². The van der Waals surface area contributed by atoms with Crippen molar-refractivity contribution >= 4 is 23.9 Å². The molecule has 6 atom stereocenters. The zero-order valence-electron chi connectivity index (χ0n) is 46.4. The normalized spacial score (nSPS) is 18.6. The monoisotopic (exact) mass is 1030 g/mol. The summed E-state index contributed by atoms with van der Waals surface area (Å²) in [5.74, 6) is -3.15. The van der Waals surface area contributed by atoms with Gasteiger partial charge in [-0.2, -0.15) is 0 Å². The lowest BCUT2D eigenvalue weighted by Gasteiger charge is -2.40. The Balaban J connectivity index is 2.65. The van der Waals surface area contributed by atoms with E-state index < -0.39 is 67.3 Å². The number of hydrogen-bond acceptors (Lipinski definition) is 11. The maximum absolute atomic E-state index is 13.1. The van der Waals surface area contributed by atoms with E-state index >= 15 is 0 Å². The molecule has 73 heavy (non-hydrogen) atoms. The molecule has 1 fully saturated rings. The second kappa shape index (κ2) is 49.6. The Morgan fingerprint density at radius 3 is 1.38 bits per heavy atom. The fourth-order valence-electron chi connectivity index (χ4n) is 8.83. The molecule has 12 heteroatoms. The third-order valence-corrected chi connectivity index (χ3v) is 13.4. The van der Waals surface area contributed by atoms with Crippen LogP contribution in [0, 0.1) is 0 Å². The number of carbonyl (C=O) groups excluding carboxylic acids is 3. The predicted molar refractivity (Wildman–Crippen MR) is 294 cm³/mol. The molecule has 1 rings (SSSR count). The summed E-state index contributed by atoms with van der Waals surface area (Å²) in [6.45, 7) is 5.82. The van der Waals surface area contributed by atoms with Crippen LogP contribution < -0.4 is 0 Å². The van der Waals surface area contributed by atoms with Crippen LogP contribution in [-0.4, -0.2) is 89.2 Å². The third-order valence-electron chi connectivity index (χ3n) is 13.4. The maximum atomic E-state index is 13.1. The number of hydrogen-bond donors (Lipinski definition) is 3. The van der Waals surface area contributed by atoms with E-state index in [9.17, 15) is 34.5 Å². The lowest BCUT2D eigenvalue weighted by molar-refractivity contribution is -0.301. The Morgan fingerprint density at radius 2 is 0.877 bits per heavy atom. The third kappa shape index (κ3) is 39.7. The lowest BCUT2D eigenvalue weighted by Crippen LogP contribution is -2.61. The predicted octanol–water partition coefficient (Wildman–Crippen LogP) is 15.0. The van der Waals surface area contributed by atoms with Crippen LogP contribution in [0.5, 0.6) is 0 Å². The van der Waals surface area contributed by atoms with Crippen LogP contribution in [0.2, 0.25) is 0 Å². The van der Waals surface area contributed by atoms with Crippen molar-refractivity contribution in [3.8, 4) is 0 Å². The molecule has 0 radical (unpaired) electrons. The molecule has 0 bridgehead atoms. The summed E-state index contributed by atoms with van der Waals surface area (Å²) >= 11 is 0. The fourth-order valence-corrected chi connectivity index (χ4v) is 8.83. The number of aliphatic hydroxyl groups is 2. The van der Waals surface area contributed by atoms with Crippen molar-refractivity contribution in [1.82, 2.24) is 0 Å². The second-order valence-corrected chi connectivity index (χ2v) is 20.3. The van der Waals surface area contributed by atoms with Gasteiger partial charge in [0.2, 0.25) is 0 Å². The first-order valence-electron chi connectivity index (χ1n) is 29.6. The van der Waals surface area contributed by atoms with Crippen LogP contribution in [0.1, 0.15) is 265 Å². The molecule has 1 heterocycles. The molecule has 0 aliphatic carbocycles. The molecule has 3 N–H and O–H groups in total. The molecule has 1 aliphatic heterocycles. The number of aliphatic hydroxyl groups excluding tert-OH is 2. The molecule has 6 unspecified atom stereocenters. The lowest BCUT2D eigenvalue weighted by atomic mass is 9.98. The topological polar surface area (TPSA) is 175 Å². The Morgan fingerprint density at radius 1 is 0.466 bits per heavy atom. The molecule has 1 aliphatic rings. The van der Waals surface area contributed by atoms with Gasteiger partial charge in [-0.15, -0.1) is 0 Å².